The Morgan fingerprint density at radius 1 is 1.22 bits per heavy atom. The van der Waals surface area contributed by atoms with Crippen LogP contribution in [0.2, 0.25) is 0 Å². The highest BCUT2D eigenvalue weighted by atomic mass is 127. The van der Waals surface area contributed by atoms with E-state index in [0.717, 1.165) is 25.1 Å². The second-order valence-electron chi connectivity index (χ2n) is 7.57. The van der Waals surface area contributed by atoms with Gasteiger partial charge >= 0.3 is 0 Å². The summed E-state index contributed by atoms with van der Waals surface area (Å²) in [6, 6.07) is 0.867. The molecular weight excluding hydrogens is 399 g/mol. The molecule has 1 N–H and O–H groups in total. The average Bonchev–Trinajstić information content (AvgIpc) is 3.31. The number of guanidine groups is 1. The molecule has 0 amide bonds. The second kappa shape index (κ2) is 8.88. The highest BCUT2D eigenvalue weighted by molar-refractivity contribution is 14.0. The van der Waals surface area contributed by atoms with Gasteiger partial charge in [-0.15, -0.1) is 24.0 Å². The van der Waals surface area contributed by atoms with Crippen LogP contribution >= 0.6 is 24.0 Å². The summed E-state index contributed by atoms with van der Waals surface area (Å²) >= 11 is 0. The highest BCUT2D eigenvalue weighted by Gasteiger charge is 2.39. The van der Waals surface area contributed by atoms with Crippen LogP contribution in [0.15, 0.2) is 4.99 Å². The normalized spacial score (nSPS) is 24.1. The van der Waals surface area contributed by atoms with Crippen LogP contribution in [0.4, 0.5) is 0 Å². The van der Waals surface area contributed by atoms with Crippen molar-refractivity contribution in [1.29, 1.82) is 0 Å². The van der Waals surface area contributed by atoms with Gasteiger partial charge < -0.3 is 10.2 Å². The van der Waals surface area contributed by atoms with Gasteiger partial charge in [-0.3, -0.25) is 9.89 Å². The summed E-state index contributed by atoms with van der Waals surface area (Å²) in [4.78, 5) is 9.66. The molecule has 0 aromatic heterocycles. The van der Waals surface area contributed by atoms with Crippen LogP contribution in [0.5, 0.6) is 0 Å². The van der Waals surface area contributed by atoms with Gasteiger partial charge in [0.25, 0.3) is 0 Å². The number of rotatable bonds is 5. The lowest BCUT2D eigenvalue weighted by Gasteiger charge is -2.33. The molecule has 134 valence electrons. The number of likely N-dealkylation sites (N-methyl/N-ethyl adjacent to an activating group) is 1. The Morgan fingerprint density at radius 3 is 2.57 bits per heavy atom. The van der Waals surface area contributed by atoms with Crippen molar-refractivity contribution in [1.82, 2.24) is 15.1 Å². The lowest BCUT2D eigenvalue weighted by molar-refractivity contribution is 0.203. The molecule has 23 heavy (non-hydrogen) atoms. The number of likely N-dealkylation sites (tertiary alicyclic amines) is 1. The Bertz CT molecular complexity index is 388. The molecule has 1 heterocycles. The quantitative estimate of drug-likeness (QED) is 0.409. The van der Waals surface area contributed by atoms with Gasteiger partial charge in [0.2, 0.25) is 0 Å². The Labute approximate surface area is 159 Å². The van der Waals surface area contributed by atoms with E-state index in [0.29, 0.717) is 5.41 Å². The summed E-state index contributed by atoms with van der Waals surface area (Å²) in [6.45, 7) is 8.06. The summed E-state index contributed by atoms with van der Waals surface area (Å²) < 4.78 is 0. The maximum absolute atomic E-state index is 4.54. The van der Waals surface area contributed by atoms with Gasteiger partial charge in [-0.2, -0.15) is 0 Å². The fourth-order valence-electron chi connectivity index (χ4n) is 4.51. The van der Waals surface area contributed by atoms with Crippen LogP contribution in [-0.2, 0) is 0 Å². The fraction of sp³-hybridized carbons (Fsp3) is 0.944. The zero-order valence-corrected chi connectivity index (χ0v) is 17.3. The molecule has 1 spiro atoms. The molecule has 0 bridgehead atoms. The van der Waals surface area contributed by atoms with Gasteiger partial charge in [0.15, 0.2) is 5.96 Å². The van der Waals surface area contributed by atoms with E-state index in [2.05, 4.69) is 27.0 Å². The highest BCUT2D eigenvalue weighted by Crippen LogP contribution is 2.43. The Hall–Kier alpha value is -0.0400. The summed E-state index contributed by atoms with van der Waals surface area (Å²) in [5.41, 5.74) is 0.610. The van der Waals surface area contributed by atoms with Crippen molar-refractivity contribution in [3.05, 3.63) is 0 Å². The van der Waals surface area contributed by atoms with Crippen molar-refractivity contribution in [3.63, 3.8) is 0 Å². The minimum Gasteiger partial charge on any atom is -0.355 e. The van der Waals surface area contributed by atoms with E-state index in [1.54, 1.807) is 0 Å². The van der Waals surface area contributed by atoms with Crippen molar-refractivity contribution >= 4 is 29.9 Å². The van der Waals surface area contributed by atoms with Crippen molar-refractivity contribution in [2.24, 2.45) is 10.4 Å². The van der Waals surface area contributed by atoms with Gasteiger partial charge in [0, 0.05) is 39.3 Å². The van der Waals surface area contributed by atoms with Crippen LogP contribution in [0.25, 0.3) is 0 Å². The molecule has 3 aliphatic rings. The Kier molecular flexibility index (Phi) is 7.45. The minimum absolute atomic E-state index is 0. The van der Waals surface area contributed by atoms with E-state index in [1.165, 1.54) is 71.0 Å². The SMILES string of the molecule is CCN(CCNC(=NC)N1CCC2(CCCCC2)C1)C1CC1.I. The maximum atomic E-state index is 4.54. The van der Waals surface area contributed by atoms with Crippen molar-refractivity contribution in [3.8, 4) is 0 Å². The van der Waals surface area contributed by atoms with Crippen LogP contribution in [0.1, 0.15) is 58.3 Å². The monoisotopic (exact) mass is 434 g/mol. The van der Waals surface area contributed by atoms with Gasteiger partial charge in [-0.1, -0.05) is 26.2 Å². The fourth-order valence-corrected chi connectivity index (χ4v) is 4.51. The number of nitrogens with one attached hydrogen (secondary N) is 1. The van der Waals surface area contributed by atoms with Crippen LogP contribution in [0, 0.1) is 5.41 Å². The predicted molar refractivity (Wildman–Crippen MR) is 109 cm³/mol. The van der Waals surface area contributed by atoms with Crippen LogP contribution in [-0.4, -0.2) is 61.6 Å². The largest absolute Gasteiger partial charge is 0.355 e. The van der Waals surface area contributed by atoms with Gasteiger partial charge in [0.05, 0.1) is 0 Å². The molecule has 3 fully saturated rings. The number of hydrogen-bond donors (Lipinski definition) is 1. The van der Waals surface area contributed by atoms with Crippen LogP contribution in [0.3, 0.4) is 0 Å². The lowest BCUT2D eigenvalue weighted by Crippen LogP contribution is -2.44. The maximum Gasteiger partial charge on any atom is 0.193 e. The molecule has 5 heteroatoms. The minimum atomic E-state index is 0. The first kappa shape index (κ1) is 19.3. The molecule has 0 atom stereocenters. The zero-order valence-electron chi connectivity index (χ0n) is 15.0. The Morgan fingerprint density at radius 2 is 1.96 bits per heavy atom. The third-order valence-corrected chi connectivity index (χ3v) is 6.02. The smallest absolute Gasteiger partial charge is 0.193 e. The average molecular weight is 434 g/mol. The second-order valence-corrected chi connectivity index (χ2v) is 7.57. The van der Waals surface area contributed by atoms with Crippen molar-refractivity contribution in [2.75, 3.05) is 39.8 Å². The van der Waals surface area contributed by atoms with Crippen molar-refractivity contribution < 1.29 is 0 Å². The molecule has 2 saturated carbocycles. The molecule has 0 unspecified atom stereocenters. The predicted octanol–water partition coefficient (Wildman–Crippen LogP) is 3.32. The van der Waals surface area contributed by atoms with E-state index in [4.69, 9.17) is 0 Å². The standard InChI is InChI=1S/C18H34N4.HI/c1-3-21(16-7-8-16)14-12-20-17(19-2)22-13-11-18(15-22)9-5-4-6-10-18;/h16H,3-15H2,1-2H3,(H,19,20);1H. The first-order chi connectivity index (χ1) is 10.8. The Balaban J connectivity index is 0.00000192. The molecule has 3 rings (SSSR count). The molecule has 1 saturated heterocycles. The molecule has 0 radical (unpaired) electrons. The molecule has 4 nitrogen and oxygen atoms in total. The van der Waals surface area contributed by atoms with Gasteiger partial charge in [-0.25, -0.2) is 0 Å². The molecular formula is C18H35IN4. The van der Waals surface area contributed by atoms with Crippen molar-refractivity contribution in [2.45, 2.75) is 64.3 Å². The number of nitrogens with zero attached hydrogens (tertiary/aromatic N) is 3. The van der Waals surface area contributed by atoms with E-state index in [1.807, 2.05) is 7.05 Å². The van der Waals surface area contributed by atoms with E-state index >= 15 is 0 Å². The third kappa shape index (κ3) is 4.97. The topological polar surface area (TPSA) is 30.9 Å². The lowest BCUT2D eigenvalue weighted by atomic mass is 9.73. The van der Waals surface area contributed by atoms with Gasteiger partial charge in [-0.05, 0) is 44.1 Å². The summed E-state index contributed by atoms with van der Waals surface area (Å²) in [7, 11) is 1.94. The zero-order chi connectivity index (χ0) is 15.4. The van der Waals surface area contributed by atoms with Crippen LogP contribution < -0.4 is 5.32 Å². The molecule has 2 aliphatic carbocycles. The number of hydrogen-bond acceptors (Lipinski definition) is 2. The molecule has 0 aromatic rings. The van der Waals surface area contributed by atoms with Gasteiger partial charge in [0.1, 0.15) is 0 Å². The molecule has 0 aromatic carbocycles. The number of aliphatic imine (C=N–C) groups is 1. The summed E-state index contributed by atoms with van der Waals surface area (Å²) in [5, 5.41) is 3.62. The molecule has 1 aliphatic heterocycles. The summed E-state index contributed by atoms with van der Waals surface area (Å²) in [6.07, 6.45) is 11.4. The van der Waals surface area contributed by atoms with E-state index < -0.39 is 0 Å². The summed E-state index contributed by atoms with van der Waals surface area (Å²) in [5.74, 6) is 1.13. The van der Waals surface area contributed by atoms with E-state index in [-0.39, 0.29) is 24.0 Å². The first-order valence-electron chi connectivity index (χ1n) is 9.46. The van der Waals surface area contributed by atoms with E-state index in [9.17, 15) is 0 Å². The third-order valence-electron chi connectivity index (χ3n) is 6.02. The first-order valence-corrected chi connectivity index (χ1v) is 9.46. The number of halogens is 1.